The average Bonchev–Trinajstić information content (AvgIpc) is 2.83. The van der Waals surface area contributed by atoms with Gasteiger partial charge >= 0.3 is 0 Å². The summed E-state index contributed by atoms with van der Waals surface area (Å²) < 4.78 is 5.94. The molecule has 2 aliphatic heterocycles. The van der Waals surface area contributed by atoms with Gasteiger partial charge in [0.1, 0.15) is 5.60 Å². The maximum Gasteiger partial charge on any atom is 0.222 e. The number of nitrogens with zero attached hydrogens (tertiary/aromatic N) is 3. The lowest BCUT2D eigenvalue weighted by Crippen LogP contribution is -2.65. The van der Waals surface area contributed by atoms with E-state index in [0.717, 1.165) is 44.6 Å². The molecular formula is C15H22N4O2. The van der Waals surface area contributed by atoms with Gasteiger partial charge in [-0.2, -0.15) is 0 Å². The Kier molecular flexibility index (Phi) is 3.80. The van der Waals surface area contributed by atoms with Crippen LogP contribution in [0, 0.1) is 12.8 Å². The average molecular weight is 290 g/mol. The lowest BCUT2D eigenvalue weighted by molar-refractivity contribution is -0.163. The number of aryl methyl sites for hydroxylation is 1. The number of rotatable bonds is 4. The first-order valence-corrected chi connectivity index (χ1v) is 7.51. The summed E-state index contributed by atoms with van der Waals surface area (Å²) in [7, 11) is 0. The van der Waals surface area contributed by atoms with E-state index in [9.17, 15) is 4.79 Å². The van der Waals surface area contributed by atoms with E-state index >= 15 is 0 Å². The van der Waals surface area contributed by atoms with E-state index in [0.29, 0.717) is 11.9 Å². The van der Waals surface area contributed by atoms with Crippen molar-refractivity contribution in [1.29, 1.82) is 0 Å². The third kappa shape index (κ3) is 2.85. The van der Waals surface area contributed by atoms with Gasteiger partial charge in [-0.05, 0) is 31.2 Å². The Morgan fingerprint density at radius 1 is 1.48 bits per heavy atom. The number of anilines is 1. The van der Waals surface area contributed by atoms with E-state index in [1.807, 2.05) is 24.2 Å². The zero-order valence-electron chi connectivity index (χ0n) is 12.6. The molecule has 0 aliphatic carbocycles. The Bertz CT molecular complexity index is 511. The molecule has 6 heteroatoms. The summed E-state index contributed by atoms with van der Waals surface area (Å²) in [4.78, 5) is 21.7. The Labute approximate surface area is 124 Å². The molecule has 1 N–H and O–H groups in total. The SMILES string of the molecule is CC(=O)N1CC2(C1)OCC[C@@H]2CCNc1ncc(C)cn1. The maximum atomic E-state index is 11.3. The van der Waals surface area contributed by atoms with Crippen molar-refractivity contribution < 1.29 is 9.53 Å². The Morgan fingerprint density at radius 2 is 2.19 bits per heavy atom. The number of carbonyl (C=O) groups excluding carboxylic acids is 1. The first-order valence-electron chi connectivity index (χ1n) is 7.51. The minimum atomic E-state index is -0.0958. The number of amides is 1. The molecule has 2 saturated heterocycles. The highest BCUT2D eigenvalue weighted by atomic mass is 16.5. The second-order valence-electron chi connectivity index (χ2n) is 6.07. The number of hydrogen-bond donors (Lipinski definition) is 1. The first kappa shape index (κ1) is 14.3. The molecule has 0 bridgehead atoms. The highest BCUT2D eigenvalue weighted by Gasteiger charge is 2.53. The van der Waals surface area contributed by atoms with Gasteiger partial charge in [0.15, 0.2) is 0 Å². The molecule has 0 radical (unpaired) electrons. The van der Waals surface area contributed by atoms with E-state index in [2.05, 4.69) is 15.3 Å². The number of carbonyl (C=O) groups is 1. The minimum Gasteiger partial charge on any atom is -0.371 e. The predicted molar refractivity (Wildman–Crippen MR) is 78.9 cm³/mol. The predicted octanol–water partition coefficient (Wildman–Crippen LogP) is 1.22. The van der Waals surface area contributed by atoms with Gasteiger partial charge in [-0.15, -0.1) is 0 Å². The second-order valence-corrected chi connectivity index (χ2v) is 6.07. The summed E-state index contributed by atoms with van der Waals surface area (Å²) in [5.74, 6) is 1.32. The van der Waals surface area contributed by atoms with Gasteiger partial charge in [-0.1, -0.05) is 0 Å². The third-order valence-electron chi connectivity index (χ3n) is 4.52. The summed E-state index contributed by atoms with van der Waals surface area (Å²) in [6.07, 6.45) is 5.71. The Hall–Kier alpha value is -1.69. The zero-order chi connectivity index (χ0) is 14.9. The van der Waals surface area contributed by atoms with Crippen LogP contribution in [0.5, 0.6) is 0 Å². The van der Waals surface area contributed by atoms with Crippen molar-refractivity contribution in [1.82, 2.24) is 14.9 Å². The summed E-state index contributed by atoms with van der Waals surface area (Å²) in [6, 6.07) is 0. The van der Waals surface area contributed by atoms with E-state index in [-0.39, 0.29) is 11.5 Å². The maximum absolute atomic E-state index is 11.3. The molecule has 114 valence electrons. The van der Waals surface area contributed by atoms with Gasteiger partial charge in [-0.3, -0.25) is 4.79 Å². The molecule has 1 spiro atoms. The summed E-state index contributed by atoms with van der Waals surface area (Å²) in [5, 5.41) is 3.26. The van der Waals surface area contributed by atoms with Gasteiger partial charge in [0.25, 0.3) is 0 Å². The van der Waals surface area contributed by atoms with Crippen molar-refractivity contribution in [2.75, 3.05) is 31.6 Å². The topological polar surface area (TPSA) is 67.3 Å². The molecule has 1 atom stereocenters. The monoisotopic (exact) mass is 290 g/mol. The van der Waals surface area contributed by atoms with Gasteiger partial charge in [-0.25, -0.2) is 9.97 Å². The quantitative estimate of drug-likeness (QED) is 0.903. The van der Waals surface area contributed by atoms with Crippen LogP contribution in [0.3, 0.4) is 0 Å². The van der Waals surface area contributed by atoms with Gasteiger partial charge in [0.2, 0.25) is 11.9 Å². The number of nitrogens with one attached hydrogen (secondary N) is 1. The normalized spacial score (nSPS) is 23.1. The lowest BCUT2D eigenvalue weighted by atomic mass is 9.79. The smallest absolute Gasteiger partial charge is 0.222 e. The zero-order valence-corrected chi connectivity index (χ0v) is 12.6. The first-order chi connectivity index (χ1) is 10.1. The third-order valence-corrected chi connectivity index (χ3v) is 4.52. The summed E-state index contributed by atoms with van der Waals surface area (Å²) in [5.41, 5.74) is 0.962. The van der Waals surface area contributed by atoms with Crippen molar-refractivity contribution in [2.45, 2.75) is 32.3 Å². The molecule has 2 fully saturated rings. The van der Waals surface area contributed by atoms with Gasteiger partial charge in [0.05, 0.1) is 13.1 Å². The highest BCUT2D eigenvalue weighted by molar-refractivity contribution is 5.74. The molecular weight excluding hydrogens is 268 g/mol. The number of aromatic nitrogens is 2. The Balaban J connectivity index is 1.49. The fourth-order valence-electron chi connectivity index (χ4n) is 3.21. The molecule has 1 aromatic heterocycles. The van der Waals surface area contributed by atoms with Crippen molar-refractivity contribution in [3.63, 3.8) is 0 Å². The molecule has 2 aliphatic rings. The van der Waals surface area contributed by atoms with Crippen LogP contribution < -0.4 is 5.32 Å². The standard InChI is InChI=1S/C15H22N4O2/c1-11-7-17-14(18-8-11)16-5-3-13-4-6-21-15(13)9-19(10-15)12(2)20/h7-8,13H,3-6,9-10H2,1-2H3,(H,16,17,18)/t13-/m0/s1. The van der Waals surface area contributed by atoms with Crippen molar-refractivity contribution in [2.24, 2.45) is 5.92 Å². The summed E-state index contributed by atoms with van der Waals surface area (Å²) in [6.45, 7) is 6.71. The van der Waals surface area contributed by atoms with Gasteiger partial charge < -0.3 is 15.0 Å². The molecule has 3 rings (SSSR count). The lowest BCUT2D eigenvalue weighted by Gasteiger charge is -2.50. The van der Waals surface area contributed by atoms with Crippen LogP contribution in [0.2, 0.25) is 0 Å². The van der Waals surface area contributed by atoms with Crippen molar-refractivity contribution >= 4 is 11.9 Å². The van der Waals surface area contributed by atoms with Crippen LogP contribution in [-0.4, -0.2) is 52.6 Å². The van der Waals surface area contributed by atoms with Crippen molar-refractivity contribution in [3.8, 4) is 0 Å². The molecule has 1 aromatic rings. The molecule has 21 heavy (non-hydrogen) atoms. The number of hydrogen-bond acceptors (Lipinski definition) is 5. The molecule has 3 heterocycles. The fourth-order valence-corrected chi connectivity index (χ4v) is 3.21. The molecule has 0 aromatic carbocycles. The van der Waals surface area contributed by atoms with Crippen LogP contribution in [0.25, 0.3) is 0 Å². The summed E-state index contributed by atoms with van der Waals surface area (Å²) >= 11 is 0. The van der Waals surface area contributed by atoms with E-state index < -0.39 is 0 Å². The molecule has 0 unspecified atom stereocenters. The largest absolute Gasteiger partial charge is 0.371 e. The number of ether oxygens (including phenoxy) is 1. The second kappa shape index (κ2) is 5.60. The van der Waals surface area contributed by atoms with E-state index in [1.165, 1.54) is 0 Å². The minimum absolute atomic E-state index is 0.0958. The van der Waals surface area contributed by atoms with Crippen LogP contribution in [0.1, 0.15) is 25.3 Å². The van der Waals surface area contributed by atoms with Gasteiger partial charge in [0, 0.05) is 32.5 Å². The Morgan fingerprint density at radius 3 is 2.86 bits per heavy atom. The highest BCUT2D eigenvalue weighted by Crippen LogP contribution is 2.41. The van der Waals surface area contributed by atoms with Crippen LogP contribution in [0.15, 0.2) is 12.4 Å². The van der Waals surface area contributed by atoms with E-state index in [1.54, 1.807) is 6.92 Å². The molecule has 0 saturated carbocycles. The van der Waals surface area contributed by atoms with Crippen LogP contribution >= 0.6 is 0 Å². The van der Waals surface area contributed by atoms with Crippen LogP contribution in [-0.2, 0) is 9.53 Å². The molecule has 1 amide bonds. The van der Waals surface area contributed by atoms with Crippen LogP contribution in [0.4, 0.5) is 5.95 Å². The fraction of sp³-hybridized carbons (Fsp3) is 0.667. The molecule has 6 nitrogen and oxygen atoms in total. The van der Waals surface area contributed by atoms with E-state index in [4.69, 9.17) is 4.74 Å². The van der Waals surface area contributed by atoms with Crippen molar-refractivity contribution in [3.05, 3.63) is 18.0 Å². The number of likely N-dealkylation sites (tertiary alicyclic amines) is 1.